The first-order chi connectivity index (χ1) is 7.53. The van der Waals surface area contributed by atoms with Gasteiger partial charge in [-0.1, -0.05) is 0 Å². The maximum atomic E-state index is 12.1. The Balaban J connectivity index is 2.26. The van der Waals surface area contributed by atoms with Crippen LogP contribution in [0.1, 0.15) is 12.8 Å². The van der Waals surface area contributed by atoms with Crippen LogP contribution in [0.3, 0.4) is 0 Å². The van der Waals surface area contributed by atoms with Crippen molar-refractivity contribution in [1.82, 2.24) is 15.3 Å². The van der Waals surface area contributed by atoms with Gasteiger partial charge in [-0.05, 0) is 26.9 Å². The van der Waals surface area contributed by atoms with E-state index in [-0.39, 0.29) is 6.10 Å². The van der Waals surface area contributed by atoms with Gasteiger partial charge < -0.3 is 14.7 Å². The summed E-state index contributed by atoms with van der Waals surface area (Å²) in [5.41, 5.74) is 0. The number of nitrogens with zero attached hydrogens (tertiary/aromatic N) is 1. The maximum absolute atomic E-state index is 12.1. The van der Waals surface area contributed by atoms with Crippen LogP contribution >= 0.6 is 7.52 Å². The van der Waals surface area contributed by atoms with E-state index in [0.717, 1.165) is 32.5 Å². The molecular weight excluding hydrogens is 225 g/mol. The van der Waals surface area contributed by atoms with E-state index in [0.29, 0.717) is 6.54 Å². The molecule has 16 heavy (non-hydrogen) atoms. The van der Waals surface area contributed by atoms with Crippen molar-refractivity contribution in [3.8, 4) is 0 Å². The third kappa shape index (κ3) is 5.41. The van der Waals surface area contributed by atoms with Gasteiger partial charge in [0.05, 0.1) is 6.10 Å². The Bertz CT molecular complexity index is 242. The van der Waals surface area contributed by atoms with Gasteiger partial charge in [-0.15, -0.1) is 0 Å². The maximum Gasteiger partial charge on any atom is 0.267 e. The molecule has 0 aromatic rings. The molecule has 0 spiro atoms. The average molecular weight is 249 g/mol. The molecule has 2 N–H and O–H groups in total. The Morgan fingerprint density at radius 1 is 1.38 bits per heavy atom. The molecule has 1 rings (SSSR count). The van der Waals surface area contributed by atoms with Crippen LogP contribution in [-0.2, 0) is 9.09 Å². The molecule has 0 amide bonds. The molecule has 1 aliphatic rings. The summed E-state index contributed by atoms with van der Waals surface area (Å²) in [6.45, 7) is 5.20. The van der Waals surface area contributed by atoms with Crippen molar-refractivity contribution in [2.75, 3.05) is 46.9 Å². The van der Waals surface area contributed by atoms with E-state index in [4.69, 9.17) is 4.52 Å². The largest absolute Gasteiger partial charge is 0.318 e. The molecule has 5 nitrogen and oxygen atoms in total. The number of piperidine rings is 1. The van der Waals surface area contributed by atoms with Gasteiger partial charge in [0.2, 0.25) is 0 Å². The molecule has 0 aromatic heterocycles. The highest BCUT2D eigenvalue weighted by atomic mass is 31.2. The van der Waals surface area contributed by atoms with Crippen LogP contribution in [0, 0.1) is 0 Å². The van der Waals surface area contributed by atoms with Crippen molar-refractivity contribution in [3.05, 3.63) is 0 Å². The van der Waals surface area contributed by atoms with Crippen molar-refractivity contribution in [1.29, 1.82) is 0 Å². The lowest BCUT2D eigenvalue weighted by Crippen LogP contribution is -2.35. The second-order valence-corrected chi connectivity index (χ2v) is 6.68. The fourth-order valence-corrected chi connectivity index (χ4v) is 3.17. The smallest absolute Gasteiger partial charge is 0.267 e. The summed E-state index contributed by atoms with van der Waals surface area (Å²) in [6.07, 6.45) is 2.10. The molecule has 0 bridgehead atoms. The van der Waals surface area contributed by atoms with Crippen molar-refractivity contribution < 1.29 is 9.09 Å². The van der Waals surface area contributed by atoms with E-state index in [1.165, 1.54) is 0 Å². The predicted octanol–water partition coefficient (Wildman–Crippen LogP) is 0.729. The van der Waals surface area contributed by atoms with E-state index >= 15 is 0 Å². The zero-order valence-electron chi connectivity index (χ0n) is 10.5. The van der Waals surface area contributed by atoms with Crippen LogP contribution in [-0.4, -0.2) is 57.9 Å². The minimum atomic E-state index is -2.62. The molecule has 96 valence electrons. The molecule has 1 unspecified atom stereocenters. The number of hydrogen-bond donors (Lipinski definition) is 2. The van der Waals surface area contributed by atoms with Gasteiger partial charge in [-0.3, -0.25) is 4.57 Å². The summed E-state index contributed by atoms with van der Waals surface area (Å²) in [5, 5.41) is 5.98. The lowest BCUT2D eigenvalue weighted by Gasteiger charge is -2.30. The topological polar surface area (TPSA) is 53.6 Å². The van der Waals surface area contributed by atoms with Gasteiger partial charge in [0, 0.05) is 32.8 Å². The number of nitrogens with one attached hydrogen (secondary N) is 2. The number of likely N-dealkylation sites (tertiary alicyclic amines) is 1. The van der Waals surface area contributed by atoms with E-state index in [9.17, 15) is 4.57 Å². The third-order valence-corrected chi connectivity index (χ3v) is 4.29. The summed E-state index contributed by atoms with van der Waals surface area (Å²) < 4.78 is 17.7. The van der Waals surface area contributed by atoms with Crippen LogP contribution in [0.5, 0.6) is 0 Å². The minimum Gasteiger partial charge on any atom is -0.318 e. The second-order valence-electron chi connectivity index (χ2n) is 4.47. The van der Waals surface area contributed by atoms with Crippen molar-refractivity contribution >= 4 is 7.52 Å². The average Bonchev–Trinajstić information content (AvgIpc) is 2.21. The monoisotopic (exact) mass is 249 g/mol. The van der Waals surface area contributed by atoms with Crippen LogP contribution in [0.4, 0.5) is 0 Å². The van der Waals surface area contributed by atoms with Gasteiger partial charge in [-0.2, -0.15) is 0 Å². The summed E-state index contributed by atoms with van der Waals surface area (Å²) in [4.78, 5) is 2.27. The predicted molar refractivity (Wildman–Crippen MR) is 67.1 cm³/mol. The van der Waals surface area contributed by atoms with Gasteiger partial charge in [0.1, 0.15) is 0 Å². The van der Waals surface area contributed by atoms with E-state index < -0.39 is 7.52 Å². The molecule has 1 aliphatic heterocycles. The fraction of sp³-hybridized carbons (Fsp3) is 1.00. The zero-order valence-corrected chi connectivity index (χ0v) is 11.4. The van der Waals surface area contributed by atoms with Crippen LogP contribution in [0.25, 0.3) is 0 Å². The van der Waals surface area contributed by atoms with Gasteiger partial charge in [0.25, 0.3) is 7.52 Å². The SMILES string of the molecule is CNCCNP(C)(=O)OC1CCN(C)CC1. The van der Waals surface area contributed by atoms with Crippen molar-refractivity contribution in [2.24, 2.45) is 0 Å². The molecule has 1 fully saturated rings. The van der Waals surface area contributed by atoms with E-state index in [2.05, 4.69) is 22.4 Å². The Hall–Kier alpha value is 0.0700. The minimum absolute atomic E-state index is 0.147. The molecule has 0 saturated carbocycles. The van der Waals surface area contributed by atoms with E-state index in [1.807, 2.05) is 7.05 Å². The second kappa shape index (κ2) is 6.72. The summed E-state index contributed by atoms with van der Waals surface area (Å²) >= 11 is 0. The Morgan fingerprint density at radius 3 is 2.56 bits per heavy atom. The number of likely N-dealkylation sites (N-methyl/N-ethyl adjacent to an activating group) is 1. The number of rotatable bonds is 6. The highest BCUT2D eigenvalue weighted by Gasteiger charge is 2.24. The van der Waals surface area contributed by atoms with Crippen LogP contribution in [0.2, 0.25) is 0 Å². The molecule has 1 saturated heterocycles. The van der Waals surface area contributed by atoms with Gasteiger partial charge in [-0.25, -0.2) is 5.09 Å². The Kier molecular flexibility index (Phi) is 5.94. The van der Waals surface area contributed by atoms with Crippen molar-refractivity contribution in [3.63, 3.8) is 0 Å². The standard InChI is InChI=1S/C10H24N3O2P/c1-11-6-7-12-16(3,14)15-10-4-8-13(2)9-5-10/h10-11H,4-9H2,1-3H3,(H,12,14). The summed E-state index contributed by atoms with van der Waals surface area (Å²) in [6, 6.07) is 0. The van der Waals surface area contributed by atoms with Crippen LogP contribution < -0.4 is 10.4 Å². The molecule has 6 heteroatoms. The molecular formula is C10H24N3O2P. The highest BCUT2D eigenvalue weighted by molar-refractivity contribution is 7.56. The molecule has 1 heterocycles. The van der Waals surface area contributed by atoms with Crippen LogP contribution in [0.15, 0.2) is 0 Å². The summed E-state index contributed by atoms with van der Waals surface area (Å²) in [7, 11) is 1.36. The zero-order chi connectivity index (χ0) is 12.0. The fourth-order valence-electron chi connectivity index (χ4n) is 1.80. The molecule has 1 atom stereocenters. The normalized spacial score (nSPS) is 23.2. The van der Waals surface area contributed by atoms with Crippen molar-refractivity contribution in [2.45, 2.75) is 18.9 Å². The first kappa shape index (κ1) is 14.1. The quantitative estimate of drug-likeness (QED) is 0.537. The lowest BCUT2D eigenvalue weighted by molar-refractivity contribution is 0.115. The third-order valence-electron chi connectivity index (χ3n) is 2.79. The number of hydrogen-bond acceptors (Lipinski definition) is 4. The van der Waals surface area contributed by atoms with Gasteiger partial charge in [0.15, 0.2) is 0 Å². The van der Waals surface area contributed by atoms with Gasteiger partial charge >= 0.3 is 0 Å². The Labute approximate surface area is 98.4 Å². The summed E-state index contributed by atoms with van der Waals surface area (Å²) in [5.74, 6) is 0. The highest BCUT2D eigenvalue weighted by Crippen LogP contribution is 2.40. The molecule has 0 aliphatic carbocycles. The first-order valence-electron chi connectivity index (χ1n) is 5.87. The molecule has 0 radical (unpaired) electrons. The molecule has 0 aromatic carbocycles. The lowest BCUT2D eigenvalue weighted by atomic mass is 10.1. The first-order valence-corrected chi connectivity index (χ1v) is 7.95. The van der Waals surface area contributed by atoms with E-state index in [1.54, 1.807) is 6.66 Å². The Morgan fingerprint density at radius 2 is 2.00 bits per heavy atom.